The average Bonchev–Trinajstić information content (AvgIpc) is 3.22. The van der Waals surface area contributed by atoms with Crippen LogP contribution in [0.15, 0.2) is 24.3 Å². The van der Waals surface area contributed by atoms with E-state index in [1.807, 2.05) is 24.3 Å². The van der Waals surface area contributed by atoms with Gasteiger partial charge in [-0.25, -0.2) is 9.59 Å². The third-order valence-electron chi connectivity index (χ3n) is 4.21. The number of carbonyl (C=O) groups is 2. The number of anilines is 1. The Balaban J connectivity index is 1.40. The van der Waals surface area contributed by atoms with Crippen molar-refractivity contribution in [2.45, 2.75) is 31.9 Å². The van der Waals surface area contributed by atoms with E-state index in [0.717, 1.165) is 37.1 Å². The second-order valence-electron chi connectivity index (χ2n) is 6.04. The first kappa shape index (κ1) is 16.6. The number of ether oxygens (including phenoxy) is 2. The molecule has 0 aromatic heterocycles. The summed E-state index contributed by atoms with van der Waals surface area (Å²) in [4.78, 5) is 24.9. The normalized spacial score (nSPS) is 20.1. The topological polar surface area (TPSA) is 79.9 Å². The van der Waals surface area contributed by atoms with Crippen LogP contribution in [0.5, 0.6) is 0 Å². The lowest BCUT2D eigenvalue weighted by Crippen LogP contribution is -2.31. The number of urea groups is 1. The molecule has 0 unspecified atom stereocenters. The second kappa shape index (κ2) is 8.01. The highest BCUT2D eigenvalue weighted by Gasteiger charge is 2.21. The van der Waals surface area contributed by atoms with Crippen molar-refractivity contribution in [3.8, 4) is 0 Å². The van der Waals surface area contributed by atoms with Crippen molar-refractivity contribution in [1.82, 2.24) is 10.2 Å². The second-order valence-corrected chi connectivity index (χ2v) is 6.04. The Morgan fingerprint density at radius 3 is 2.75 bits per heavy atom. The number of hydrogen-bond donors (Lipinski definition) is 2. The molecule has 1 aromatic carbocycles. The number of nitrogens with zero attached hydrogens (tertiary/aromatic N) is 1. The van der Waals surface area contributed by atoms with E-state index in [9.17, 15) is 9.59 Å². The fourth-order valence-electron chi connectivity index (χ4n) is 2.88. The van der Waals surface area contributed by atoms with Gasteiger partial charge in [0.25, 0.3) is 0 Å². The fraction of sp³-hybridized carbons (Fsp3) is 0.529. The van der Waals surface area contributed by atoms with E-state index in [1.165, 1.54) is 0 Å². The SMILES string of the molecule is O=C(NCC[C@H]1CCCO1)Nc1ccc(CN2CCOC2=O)cc1. The van der Waals surface area contributed by atoms with Gasteiger partial charge in [-0.3, -0.25) is 0 Å². The maximum Gasteiger partial charge on any atom is 0.410 e. The van der Waals surface area contributed by atoms with E-state index < -0.39 is 0 Å². The first-order valence-electron chi connectivity index (χ1n) is 8.38. The fourth-order valence-corrected chi connectivity index (χ4v) is 2.88. The van der Waals surface area contributed by atoms with E-state index >= 15 is 0 Å². The highest BCUT2D eigenvalue weighted by Crippen LogP contribution is 2.15. The number of carbonyl (C=O) groups excluding carboxylic acids is 2. The Hall–Kier alpha value is -2.28. The minimum absolute atomic E-state index is 0.219. The molecule has 0 bridgehead atoms. The molecule has 0 spiro atoms. The summed E-state index contributed by atoms with van der Waals surface area (Å²) in [6.07, 6.45) is 3.04. The summed E-state index contributed by atoms with van der Waals surface area (Å²) in [5.41, 5.74) is 1.72. The van der Waals surface area contributed by atoms with E-state index in [2.05, 4.69) is 10.6 Å². The predicted octanol–water partition coefficient (Wildman–Crippen LogP) is 2.33. The summed E-state index contributed by atoms with van der Waals surface area (Å²) >= 11 is 0. The van der Waals surface area contributed by atoms with Crippen LogP contribution in [-0.4, -0.2) is 49.4 Å². The van der Waals surface area contributed by atoms with Crippen LogP contribution < -0.4 is 10.6 Å². The van der Waals surface area contributed by atoms with Crippen molar-refractivity contribution >= 4 is 17.8 Å². The molecule has 7 nitrogen and oxygen atoms in total. The van der Waals surface area contributed by atoms with Gasteiger partial charge in [-0.1, -0.05) is 12.1 Å². The van der Waals surface area contributed by atoms with Gasteiger partial charge in [0.15, 0.2) is 0 Å². The van der Waals surface area contributed by atoms with Crippen LogP contribution in [0.25, 0.3) is 0 Å². The third kappa shape index (κ3) is 4.61. The van der Waals surface area contributed by atoms with Crippen LogP contribution >= 0.6 is 0 Å². The monoisotopic (exact) mass is 333 g/mol. The van der Waals surface area contributed by atoms with E-state index in [4.69, 9.17) is 9.47 Å². The maximum atomic E-state index is 11.9. The summed E-state index contributed by atoms with van der Waals surface area (Å²) in [5.74, 6) is 0. The van der Waals surface area contributed by atoms with Crippen molar-refractivity contribution in [1.29, 1.82) is 0 Å². The molecule has 3 rings (SSSR count). The van der Waals surface area contributed by atoms with Crippen LogP contribution in [0.1, 0.15) is 24.8 Å². The maximum absolute atomic E-state index is 11.9. The molecule has 2 fully saturated rings. The highest BCUT2D eigenvalue weighted by molar-refractivity contribution is 5.89. The van der Waals surface area contributed by atoms with Gasteiger partial charge in [0.1, 0.15) is 6.61 Å². The average molecular weight is 333 g/mol. The lowest BCUT2D eigenvalue weighted by atomic mass is 10.2. The molecule has 2 N–H and O–H groups in total. The first-order chi connectivity index (χ1) is 11.7. The summed E-state index contributed by atoms with van der Waals surface area (Å²) in [5, 5.41) is 5.64. The molecule has 0 saturated carbocycles. The minimum Gasteiger partial charge on any atom is -0.448 e. The molecule has 2 aliphatic heterocycles. The van der Waals surface area contributed by atoms with Gasteiger partial charge in [0, 0.05) is 25.4 Å². The van der Waals surface area contributed by atoms with Gasteiger partial charge in [-0.2, -0.15) is 0 Å². The van der Waals surface area contributed by atoms with Crippen molar-refractivity contribution in [2.24, 2.45) is 0 Å². The Kier molecular flexibility index (Phi) is 5.53. The number of nitrogens with one attached hydrogen (secondary N) is 2. The number of benzene rings is 1. The van der Waals surface area contributed by atoms with Crippen LogP contribution in [0, 0.1) is 0 Å². The molecule has 1 atom stereocenters. The van der Waals surface area contributed by atoms with E-state index in [0.29, 0.717) is 26.2 Å². The van der Waals surface area contributed by atoms with E-state index in [-0.39, 0.29) is 18.2 Å². The molecular formula is C17H23N3O4. The summed E-state index contributed by atoms with van der Waals surface area (Å²) in [6, 6.07) is 7.23. The van der Waals surface area contributed by atoms with Crippen LogP contribution in [0.2, 0.25) is 0 Å². The number of rotatable bonds is 6. The summed E-state index contributed by atoms with van der Waals surface area (Å²) < 4.78 is 10.4. The number of cyclic esters (lactones) is 1. The zero-order valence-electron chi connectivity index (χ0n) is 13.6. The standard InChI is InChI=1S/C17H23N3O4/c21-16(18-8-7-15-2-1-10-23-15)19-14-5-3-13(4-6-14)12-20-9-11-24-17(20)22/h3-6,15H,1-2,7-12H2,(H2,18,19,21)/t15-/m1/s1. The predicted molar refractivity (Wildman–Crippen MR) is 88.8 cm³/mol. The summed E-state index contributed by atoms with van der Waals surface area (Å²) in [7, 11) is 0. The highest BCUT2D eigenvalue weighted by atomic mass is 16.6. The molecule has 7 heteroatoms. The van der Waals surface area contributed by atoms with Gasteiger partial charge in [-0.15, -0.1) is 0 Å². The molecular weight excluding hydrogens is 310 g/mol. The van der Waals surface area contributed by atoms with Crippen molar-refractivity contribution in [2.75, 3.05) is 31.6 Å². The quantitative estimate of drug-likeness (QED) is 0.837. The van der Waals surface area contributed by atoms with Gasteiger partial charge in [0.05, 0.1) is 12.6 Å². The largest absolute Gasteiger partial charge is 0.448 e. The van der Waals surface area contributed by atoms with Crippen molar-refractivity contribution in [3.05, 3.63) is 29.8 Å². The smallest absolute Gasteiger partial charge is 0.410 e. The molecule has 2 aliphatic rings. The van der Waals surface area contributed by atoms with Crippen molar-refractivity contribution in [3.63, 3.8) is 0 Å². The molecule has 0 radical (unpaired) electrons. The lowest BCUT2D eigenvalue weighted by molar-refractivity contribution is 0.105. The van der Waals surface area contributed by atoms with Crippen LogP contribution in [0.4, 0.5) is 15.3 Å². The van der Waals surface area contributed by atoms with E-state index in [1.54, 1.807) is 4.90 Å². The molecule has 24 heavy (non-hydrogen) atoms. The summed E-state index contributed by atoms with van der Waals surface area (Å²) in [6.45, 7) is 3.02. The van der Waals surface area contributed by atoms with Gasteiger partial charge >= 0.3 is 12.1 Å². The number of hydrogen-bond acceptors (Lipinski definition) is 4. The Morgan fingerprint density at radius 2 is 2.08 bits per heavy atom. The molecule has 130 valence electrons. The molecule has 2 saturated heterocycles. The molecule has 1 aromatic rings. The van der Waals surface area contributed by atoms with Crippen molar-refractivity contribution < 1.29 is 19.1 Å². The molecule has 3 amide bonds. The zero-order valence-corrected chi connectivity index (χ0v) is 13.6. The van der Waals surface area contributed by atoms with Gasteiger partial charge in [0.2, 0.25) is 0 Å². The third-order valence-corrected chi connectivity index (χ3v) is 4.21. The van der Waals surface area contributed by atoms with Gasteiger partial charge in [-0.05, 0) is 37.0 Å². The zero-order chi connectivity index (χ0) is 16.8. The Morgan fingerprint density at radius 1 is 1.25 bits per heavy atom. The molecule has 0 aliphatic carbocycles. The van der Waals surface area contributed by atoms with Crippen LogP contribution in [0.3, 0.4) is 0 Å². The Labute approximate surface area is 141 Å². The minimum atomic E-state index is -0.275. The van der Waals surface area contributed by atoms with Crippen LogP contribution in [-0.2, 0) is 16.0 Å². The first-order valence-corrected chi connectivity index (χ1v) is 8.38. The Bertz CT molecular complexity index is 570. The molecule has 2 heterocycles. The van der Waals surface area contributed by atoms with Gasteiger partial charge < -0.3 is 25.0 Å². The lowest BCUT2D eigenvalue weighted by Gasteiger charge is -2.13. The number of amides is 3.